The van der Waals surface area contributed by atoms with E-state index in [1.165, 1.54) is 11.8 Å². The number of amides is 1. The van der Waals surface area contributed by atoms with E-state index in [1.807, 2.05) is 6.07 Å². The van der Waals surface area contributed by atoms with Crippen LogP contribution in [0.25, 0.3) is 0 Å². The number of anilines is 1. The second-order valence-corrected chi connectivity index (χ2v) is 4.88. The maximum atomic E-state index is 11.3. The number of aliphatic carboxylic acids is 1. The molecule has 0 bridgehead atoms. The molecule has 1 aromatic rings. The Morgan fingerprint density at radius 3 is 2.65 bits per heavy atom. The Bertz CT molecular complexity index is 420. The van der Waals surface area contributed by atoms with E-state index in [2.05, 4.69) is 5.32 Å². The number of para-hydroxylation sites is 1. The number of carbonyl (C=O) groups is 2. The molecule has 0 saturated heterocycles. The average molecular weight is 253 g/mol. The molecular weight excluding hydrogens is 238 g/mol. The van der Waals surface area contributed by atoms with Crippen molar-refractivity contribution in [3.05, 3.63) is 24.3 Å². The van der Waals surface area contributed by atoms with E-state index in [4.69, 9.17) is 5.11 Å². The monoisotopic (exact) mass is 253 g/mol. The SMILES string of the molecule is CCC(=O)Nc1ccccc1S[C@@H](C)C(=O)O. The standard InChI is InChI=1S/C12H15NO3S/c1-3-11(14)13-9-6-4-5-7-10(9)17-8(2)12(15)16/h4-8H,3H2,1-2H3,(H,13,14)(H,15,16)/t8-/m0/s1. The summed E-state index contributed by atoms with van der Waals surface area (Å²) in [7, 11) is 0. The van der Waals surface area contributed by atoms with Gasteiger partial charge in [0.05, 0.1) is 5.69 Å². The molecule has 2 N–H and O–H groups in total. The van der Waals surface area contributed by atoms with E-state index in [9.17, 15) is 9.59 Å². The number of hydrogen-bond donors (Lipinski definition) is 2. The quantitative estimate of drug-likeness (QED) is 0.792. The molecule has 0 aliphatic heterocycles. The van der Waals surface area contributed by atoms with Crippen LogP contribution in [-0.2, 0) is 9.59 Å². The van der Waals surface area contributed by atoms with Crippen molar-refractivity contribution in [3.8, 4) is 0 Å². The van der Waals surface area contributed by atoms with Crippen molar-refractivity contribution >= 4 is 29.3 Å². The zero-order valence-corrected chi connectivity index (χ0v) is 10.6. The molecule has 0 aliphatic rings. The molecule has 0 unspecified atom stereocenters. The predicted molar refractivity (Wildman–Crippen MR) is 68.3 cm³/mol. The van der Waals surface area contributed by atoms with Crippen molar-refractivity contribution in [2.24, 2.45) is 0 Å². The Labute approximate surface area is 104 Å². The van der Waals surface area contributed by atoms with E-state index < -0.39 is 11.2 Å². The van der Waals surface area contributed by atoms with Crippen LogP contribution in [0.4, 0.5) is 5.69 Å². The number of hydrogen-bond acceptors (Lipinski definition) is 3. The highest BCUT2D eigenvalue weighted by molar-refractivity contribution is 8.00. The van der Waals surface area contributed by atoms with E-state index in [0.29, 0.717) is 12.1 Å². The fourth-order valence-electron chi connectivity index (χ4n) is 1.15. The van der Waals surface area contributed by atoms with E-state index in [-0.39, 0.29) is 5.91 Å². The van der Waals surface area contributed by atoms with Crippen LogP contribution in [0.1, 0.15) is 20.3 Å². The molecule has 0 heterocycles. The molecule has 1 atom stereocenters. The Balaban J connectivity index is 2.84. The number of carboxylic acids is 1. The number of carboxylic acid groups (broad SMARTS) is 1. The van der Waals surface area contributed by atoms with E-state index >= 15 is 0 Å². The van der Waals surface area contributed by atoms with Crippen molar-refractivity contribution in [3.63, 3.8) is 0 Å². The largest absolute Gasteiger partial charge is 0.480 e. The number of nitrogens with one attached hydrogen (secondary N) is 1. The minimum atomic E-state index is -0.869. The van der Waals surface area contributed by atoms with Crippen molar-refractivity contribution in [1.82, 2.24) is 0 Å². The van der Waals surface area contributed by atoms with Crippen LogP contribution in [0.15, 0.2) is 29.2 Å². The minimum Gasteiger partial charge on any atom is -0.480 e. The first-order chi connectivity index (χ1) is 8.04. The second-order valence-electron chi connectivity index (χ2n) is 3.50. The summed E-state index contributed by atoms with van der Waals surface area (Å²) in [6.45, 7) is 3.39. The summed E-state index contributed by atoms with van der Waals surface area (Å²) >= 11 is 1.22. The highest BCUT2D eigenvalue weighted by Gasteiger charge is 2.15. The number of thioether (sulfide) groups is 1. The van der Waals surface area contributed by atoms with Crippen LogP contribution in [-0.4, -0.2) is 22.2 Å². The molecule has 17 heavy (non-hydrogen) atoms. The lowest BCUT2D eigenvalue weighted by Crippen LogP contribution is -2.13. The smallest absolute Gasteiger partial charge is 0.316 e. The maximum Gasteiger partial charge on any atom is 0.316 e. The van der Waals surface area contributed by atoms with Crippen LogP contribution < -0.4 is 5.32 Å². The molecule has 0 aromatic heterocycles. The summed E-state index contributed by atoms with van der Waals surface area (Å²) in [6, 6.07) is 7.19. The molecule has 4 nitrogen and oxygen atoms in total. The van der Waals surface area contributed by atoms with Gasteiger partial charge in [-0.15, -0.1) is 11.8 Å². The van der Waals surface area contributed by atoms with Crippen LogP contribution >= 0.6 is 11.8 Å². The van der Waals surface area contributed by atoms with Gasteiger partial charge in [0.25, 0.3) is 0 Å². The first-order valence-electron chi connectivity index (χ1n) is 5.33. The van der Waals surface area contributed by atoms with E-state index in [0.717, 1.165) is 4.90 Å². The van der Waals surface area contributed by atoms with Gasteiger partial charge < -0.3 is 10.4 Å². The second kappa shape index (κ2) is 6.30. The summed E-state index contributed by atoms with van der Waals surface area (Å²) in [5.41, 5.74) is 0.664. The van der Waals surface area contributed by atoms with Crippen LogP contribution in [0.2, 0.25) is 0 Å². The Morgan fingerprint density at radius 2 is 2.06 bits per heavy atom. The van der Waals surface area contributed by atoms with E-state index in [1.54, 1.807) is 32.0 Å². The fraction of sp³-hybridized carbons (Fsp3) is 0.333. The van der Waals surface area contributed by atoms with Crippen LogP contribution in [0, 0.1) is 0 Å². The van der Waals surface area contributed by atoms with Gasteiger partial charge in [0.2, 0.25) is 5.91 Å². The summed E-state index contributed by atoms with van der Waals surface area (Å²) in [4.78, 5) is 22.9. The molecular formula is C12H15NO3S. The summed E-state index contributed by atoms with van der Waals surface area (Å²) in [5.74, 6) is -0.951. The van der Waals surface area contributed by atoms with Gasteiger partial charge >= 0.3 is 5.97 Å². The van der Waals surface area contributed by atoms with Gasteiger partial charge in [0.1, 0.15) is 5.25 Å². The van der Waals surface area contributed by atoms with Gasteiger partial charge in [-0.3, -0.25) is 9.59 Å². The molecule has 1 rings (SSSR count). The molecule has 0 aliphatic carbocycles. The third-order valence-corrected chi connectivity index (χ3v) is 3.30. The molecule has 0 radical (unpaired) electrons. The lowest BCUT2D eigenvalue weighted by molar-refractivity contribution is -0.136. The third kappa shape index (κ3) is 4.11. The lowest BCUT2D eigenvalue weighted by Gasteiger charge is -2.11. The molecule has 0 saturated carbocycles. The summed E-state index contributed by atoms with van der Waals surface area (Å²) in [5, 5.41) is 11.1. The van der Waals surface area contributed by atoms with Crippen LogP contribution in [0.3, 0.4) is 0 Å². The highest BCUT2D eigenvalue weighted by Crippen LogP contribution is 2.30. The molecule has 1 aromatic carbocycles. The van der Waals surface area contributed by atoms with Gasteiger partial charge in [0.15, 0.2) is 0 Å². The predicted octanol–water partition coefficient (Wildman–Crippen LogP) is 2.60. The zero-order valence-electron chi connectivity index (χ0n) is 9.77. The number of carbonyl (C=O) groups excluding carboxylic acids is 1. The van der Waals surface area contributed by atoms with Gasteiger partial charge in [-0.05, 0) is 19.1 Å². The Morgan fingerprint density at radius 1 is 1.41 bits per heavy atom. The molecule has 0 fully saturated rings. The normalized spacial score (nSPS) is 11.9. The Kier molecular flexibility index (Phi) is 5.03. The topological polar surface area (TPSA) is 66.4 Å². The minimum absolute atomic E-state index is 0.0824. The average Bonchev–Trinajstić information content (AvgIpc) is 2.31. The molecule has 5 heteroatoms. The molecule has 1 amide bonds. The lowest BCUT2D eigenvalue weighted by atomic mass is 10.3. The third-order valence-electron chi connectivity index (χ3n) is 2.13. The number of benzene rings is 1. The van der Waals surface area contributed by atoms with Gasteiger partial charge in [-0.25, -0.2) is 0 Å². The van der Waals surface area contributed by atoms with Gasteiger partial charge in [-0.1, -0.05) is 19.1 Å². The van der Waals surface area contributed by atoms with Crippen LogP contribution in [0.5, 0.6) is 0 Å². The first-order valence-corrected chi connectivity index (χ1v) is 6.21. The van der Waals surface area contributed by atoms with Crippen molar-refractivity contribution in [2.45, 2.75) is 30.4 Å². The summed E-state index contributed by atoms with van der Waals surface area (Å²) in [6.07, 6.45) is 0.396. The van der Waals surface area contributed by atoms with Crippen molar-refractivity contribution in [2.75, 3.05) is 5.32 Å². The first kappa shape index (κ1) is 13.6. The summed E-state index contributed by atoms with van der Waals surface area (Å²) < 4.78 is 0. The van der Waals surface area contributed by atoms with Crippen molar-refractivity contribution < 1.29 is 14.7 Å². The Hall–Kier alpha value is -1.49. The molecule has 0 spiro atoms. The maximum absolute atomic E-state index is 11.3. The van der Waals surface area contributed by atoms with Crippen molar-refractivity contribution in [1.29, 1.82) is 0 Å². The van der Waals surface area contributed by atoms with Gasteiger partial charge in [0, 0.05) is 11.3 Å². The zero-order chi connectivity index (χ0) is 12.8. The fourth-order valence-corrected chi connectivity index (χ4v) is 2.04. The highest BCUT2D eigenvalue weighted by atomic mass is 32.2. The molecule has 92 valence electrons. The van der Waals surface area contributed by atoms with Gasteiger partial charge in [-0.2, -0.15) is 0 Å². The number of rotatable bonds is 5.